The van der Waals surface area contributed by atoms with Crippen molar-refractivity contribution in [3.8, 4) is 0 Å². The van der Waals surface area contributed by atoms with Gasteiger partial charge in [-0.1, -0.05) is 0 Å². The van der Waals surface area contributed by atoms with Gasteiger partial charge in [-0.25, -0.2) is 14.2 Å². The lowest BCUT2D eigenvalue weighted by Crippen LogP contribution is -2.52. The zero-order valence-electron chi connectivity index (χ0n) is 11.3. The third-order valence-electron chi connectivity index (χ3n) is 3.59. The van der Waals surface area contributed by atoms with Crippen molar-refractivity contribution in [2.24, 2.45) is 0 Å². The van der Waals surface area contributed by atoms with Crippen LogP contribution in [-0.2, 0) is 0 Å². The molecule has 0 spiro atoms. The number of anilines is 2. The number of nitrogens with one attached hydrogen (secondary N) is 2. The van der Waals surface area contributed by atoms with Crippen molar-refractivity contribution in [3.05, 3.63) is 12.0 Å². The number of piperazine rings is 1. The zero-order valence-corrected chi connectivity index (χ0v) is 11.3. The van der Waals surface area contributed by atoms with Gasteiger partial charge in [0.15, 0.2) is 11.6 Å². The number of carbonyl (C=O) groups is 1. The molecule has 3 rings (SSSR count). The highest BCUT2D eigenvalue weighted by molar-refractivity contribution is 5.77. The third kappa shape index (κ3) is 2.21. The standard InChI is InChI=1S/C12H17FN6O/c1-2-14-11-15-6-9(13)10(17-11)18-3-4-19-8(7-18)5-16-12(19)20/h6,8H,2-5,7H2,1H3,(H,16,20)(H,14,15,17). The van der Waals surface area contributed by atoms with Crippen molar-refractivity contribution < 1.29 is 9.18 Å². The van der Waals surface area contributed by atoms with Gasteiger partial charge in [0.1, 0.15) is 0 Å². The van der Waals surface area contributed by atoms with Gasteiger partial charge in [-0.15, -0.1) is 0 Å². The van der Waals surface area contributed by atoms with Gasteiger partial charge in [0, 0.05) is 32.7 Å². The fraction of sp³-hybridized carbons (Fsp3) is 0.583. The first-order valence-electron chi connectivity index (χ1n) is 6.75. The van der Waals surface area contributed by atoms with Gasteiger partial charge in [0.25, 0.3) is 0 Å². The Morgan fingerprint density at radius 2 is 2.40 bits per heavy atom. The topological polar surface area (TPSA) is 73.4 Å². The van der Waals surface area contributed by atoms with E-state index in [-0.39, 0.29) is 12.1 Å². The molecule has 2 aliphatic heterocycles. The number of carbonyl (C=O) groups excluding carboxylic acids is 1. The number of halogens is 1. The molecule has 3 heterocycles. The van der Waals surface area contributed by atoms with Crippen LogP contribution in [0, 0.1) is 5.82 Å². The molecule has 20 heavy (non-hydrogen) atoms. The highest BCUT2D eigenvalue weighted by Crippen LogP contribution is 2.22. The van der Waals surface area contributed by atoms with Gasteiger partial charge < -0.3 is 20.4 Å². The predicted molar refractivity (Wildman–Crippen MR) is 72.3 cm³/mol. The minimum absolute atomic E-state index is 0.0360. The number of fused-ring (bicyclic) bond motifs is 1. The molecule has 0 saturated carbocycles. The van der Waals surface area contributed by atoms with Crippen LogP contribution in [0.15, 0.2) is 6.20 Å². The summed E-state index contributed by atoms with van der Waals surface area (Å²) in [5.41, 5.74) is 0. The van der Waals surface area contributed by atoms with E-state index in [1.54, 1.807) is 4.90 Å². The lowest BCUT2D eigenvalue weighted by atomic mass is 10.2. The van der Waals surface area contributed by atoms with Gasteiger partial charge in [0.2, 0.25) is 5.95 Å². The highest BCUT2D eigenvalue weighted by Gasteiger charge is 2.36. The van der Waals surface area contributed by atoms with Crippen LogP contribution in [0.3, 0.4) is 0 Å². The first-order chi connectivity index (χ1) is 9.69. The molecule has 2 saturated heterocycles. The molecule has 2 amide bonds. The molecule has 2 fully saturated rings. The Morgan fingerprint density at radius 1 is 1.55 bits per heavy atom. The molecule has 1 aromatic heterocycles. The van der Waals surface area contributed by atoms with Crippen molar-refractivity contribution in [2.45, 2.75) is 13.0 Å². The number of hydrogen-bond donors (Lipinski definition) is 2. The van der Waals surface area contributed by atoms with Crippen LogP contribution >= 0.6 is 0 Å². The maximum absolute atomic E-state index is 13.9. The average Bonchev–Trinajstić information content (AvgIpc) is 2.82. The van der Waals surface area contributed by atoms with E-state index >= 15 is 0 Å². The Morgan fingerprint density at radius 3 is 3.20 bits per heavy atom. The van der Waals surface area contributed by atoms with E-state index in [4.69, 9.17) is 0 Å². The Labute approximate surface area is 116 Å². The van der Waals surface area contributed by atoms with E-state index < -0.39 is 5.82 Å². The molecule has 0 radical (unpaired) electrons. The normalized spacial score (nSPS) is 21.7. The van der Waals surface area contributed by atoms with E-state index in [9.17, 15) is 9.18 Å². The second-order valence-electron chi connectivity index (χ2n) is 4.87. The number of amides is 2. The molecule has 0 aromatic carbocycles. The fourth-order valence-corrected chi connectivity index (χ4v) is 2.62. The largest absolute Gasteiger partial charge is 0.354 e. The van der Waals surface area contributed by atoms with E-state index in [0.717, 1.165) is 0 Å². The maximum Gasteiger partial charge on any atom is 0.317 e. The summed E-state index contributed by atoms with van der Waals surface area (Å²) in [6.07, 6.45) is 1.19. The Kier molecular flexibility index (Phi) is 3.29. The summed E-state index contributed by atoms with van der Waals surface area (Å²) in [5.74, 6) is 0.291. The summed E-state index contributed by atoms with van der Waals surface area (Å²) >= 11 is 0. The lowest BCUT2D eigenvalue weighted by molar-refractivity contribution is 0.197. The van der Waals surface area contributed by atoms with E-state index in [2.05, 4.69) is 20.6 Å². The summed E-state index contributed by atoms with van der Waals surface area (Å²) in [5, 5.41) is 5.78. The Balaban J connectivity index is 1.79. The van der Waals surface area contributed by atoms with Gasteiger partial charge in [-0.05, 0) is 6.92 Å². The monoisotopic (exact) mass is 280 g/mol. The van der Waals surface area contributed by atoms with Crippen LogP contribution in [0.1, 0.15) is 6.92 Å². The molecule has 7 nitrogen and oxygen atoms in total. The molecular weight excluding hydrogens is 263 g/mol. The van der Waals surface area contributed by atoms with Gasteiger partial charge in [-0.3, -0.25) is 0 Å². The fourth-order valence-electron chi connectivity index (χ4n) is 2.62. The molecular formula is C12H17FN6O. The number of nitrogens with zero attached hydrogens (tertiary/aromatic N) is 4. The molecule has 2 aliphatic rings. The van der Waals surface area contributed by atoms with Crippen LogP contribution in [-0.4, -0.2) is 59.7 Å². The second kappa shape index (κ2) is 5.10. The van der Waals surface area contributed by atoms with Crippen LogP contribution in [0.5, 0.6) is 0 Å². The van der Waals surface area contributed by atoms with Crippen molar-refractivity contribution in [3.63, 3.8) is 0 Å². The Bertz CT molecular complexity index is 525. The number of rotatable bonds is 3. The molecule has 1 aromatic rings. The smallest absolute Gasteiger partial charge is 0.317 e. The maximum atomic E-state index is 13.9. The minimum atomic E-state index is -0.433. The quantitative estimate of drug-likeness (QED) is 0.831. The number of hydrogen-bond acceptors (Lipinski definition) is 5. The summed E-state index contributed by atoms with van der Waals surface area (Å²) in [6, 6.07) is 0.0411. The first-order valence-corrected chi connectivity index (χ1v) is 6.75. The van der Waals surface area contributed by atoms with Crippen molar-refractivity contribution in [2.75, 3.05) is 42.9 Å². The van der Waals surface area contributed by atoms with Crippen LogP contribution < -0.4 is 15.5 Å². The van der Waals surface area contributed by atoms with Gasteiger partial charge in [0.05, 0.1) is 12.2 Å². The molecule has 0 bridgehead atoms. The first kappa shape index (κ1) is 12.9. The molecule has 108 valence electrons. The van der Waals surface area contributed by atoms with E-state index in [0.29, 0.717) is 44.5 Å². The summed E-state index contributed by atoms with van der Waals surface area (Å²) in [6.45, 7) is 4.95. The van der Waals surface area contributed by atoms with E-state index in [1.165, 1.54) is 6.20 Å². The van der Waals surface area contributed by atoms with Gasteiger partial charge in [-0.2, -0.15) is 4.98 Å². The van der Waals surface area contributed by atoms with Crippen molar-refractivity contribution in [1.29, 1.82) is 0 Å². The molecule has 0 aliphatic carbocycles. The van der Waals surface area contributed by atoms with Crippen LogP contribution in [0.25, 0.3) is 0 Å². The van der Waals surface area contributed by atoms with Gasteiger partial charge >= 0.3 is 6.03 Å². The van der Waals surface area contributed by atoms with Crippen LogP contribution in [0.4, 0.5) is 21.0 Å². The second-order valence-corrected chi connectivity index (χ2v) is 4.87. The Hall–Kier alpha value is -2.12. The van der Waals surface area contributed by atoms with Crippen LogP contribution in [0.2, 0.25) is 0 Å². The summed E-state index contributed by atoms with van der Waals surface area (Å²) in [4.78, 5) is 23.3. The minimum Gasteiger partial charge on any atom is -0.354 e. The SMILES string of the molecule is CCNc1ncc(F)c(N2CCN3C(=O)NCC3C2)n1. The molecule has 1 unspecified atom stereocenters. The summed E-state index contributed by atoms with van der Waals surface area (Å²) in [7, 11) is 0. The van der Waals surface area contributed by atoms with Crippen molar-refractivity contribution in [1.82, 2.24) is 20.2 Å². The third-order valence-corrected chi connectivity index (χ3v) is 3.59. The predicted octanol–water partition coefficient (Wildman–Crippen LogP) is 0.261. The number of urea groups is 1. The molecule has 1 atom stereocenters. The van der Waals surface area contributed by atoms with Crippen molar-refractivity contribution >= 4 is 17.8 Å². The average molecular weight is 280 g/mol. The summed E-state index contributed by atoms with van der Waals surface area (Å²) < 4.78 is 13.9. The number of aromatic nitrogens is 2. The molecule has 8 heteroatoms. The highest BCUT2D eigenvalue weighted by atomic mass is 19.1. The van der Waals surface area contributed by atoms with E-state index in [1.807, 2.05) is 11.8 Å². The lowest BCUT2D eigenvalue weighted by Gasteiger charge is -2.37. The molecule has 2 N–H and O–H groups in total. The zero-order chi connectivity index (χ0) is 14.1.